The SMILES string of the molecule is CCc1nc([C@@H]2CN(C(=O)c3cscn3)CCO2)n[nH]1. The van der Waals surface area contributed by atoms with E-state index in [1.54, 1.807) is 15.8 Å². The zero-order chi connectivity index (χ0) is 13.9. The quantitative estimate of drug-likeness (QED) is 0.914. The molecule has 0 saturated carbocycles. The van der Waals surface area contributed by atoms with Crippen LogP contribution in [0, 0.1) is 0 Å². The fraction of sp³-hybridized carbons (Fsp3) is 0.500. The van der Waals surface area contributed by atoms with Crippen LogP contribution in [0.25, 0.3) is 0 Å². The number of morpholine rings is 1. The van der Waals surface area contributed by atoms with Gasteiger partial charge in [-0.2, -0.15) is 5.10 Å². The number of carbonyl (C=O) groups is 1. The summed E-state index contributed by atoms with van der Waals surface area (Å²) in [5.41, 5.74) is 2.15. The van der Waals surface area contributed by atoms with Crippen LogP contribution in [-0.4, -0.2) is 50.7 Å². The minimum absolute atomic E-state index is 0.0641. The van der Waals surface area contributed by atoms with Crippen molar-refractivity contribution in [3.05, 3.63) is 28.2 Å². The number of ether oxygens (including phenoxy) is 1. The van der Waals surface area contributed by atoms with Crippen molar-refractivity contribution >= 4 is 17.2 Å². The van der Waals surface area contributed by atoms with Crippen LogP contribution in [-0.2, 0) is 11.2 Å². The van der Waals surface area contributed by atoms with Crippen LogP contribution in [0.2, 0.25) is 0 Å². The molecule has 0 aromatic carbocycles. The third-order valence-corrected chi connectivity index (χ3v) is 3.76. The standard InChI is InChI=1S/C12H15N5O2S/c1-2-10-14-11(16-15-10)9-5-17(3-4-19-9)12(18)8-6-20-7-13-8/h6-7,9H,2-5H2,1H3,(H,14,15,16)/t9-/m0/s1. The van der Waals surface area contributed by atoms with Gasteiger partial charge in [-0.05, 0) is 0 Å². The Balaban J connectivity index is 1.71. The van der Waals surface area contributed by atoms with Crippen molar-refractivity contribution in [3.63, 3.8) is 0 Å². The van der Waals surface area contributed by atoms with E-state index in [0.717, 1.165) is 12.2 Å². The Morgan fingerprint density at radius 2 is 2.55 bits per heavy atom. The first-order chi connectivity index (χ1) is 9.78. The van der Waals surface area contributed by atoms with Gasteiger partial charge in [0.2, 0.25) is 0 Å². The second-order valence-electron chi connectivity index (χ2n) is 4.48. The maximum atomic E-state index is 12.3. The largest absolute Gasteiger partial charge is 0.366 e. The number of aromatic amines is 1. The highest BCUT2D eigenvalue weighted by Crippen LogP contribution is 2.20. The molecule has 1 amide bonds. The van der Waals surface area contributed by atoms with Gasteiger partial charge in [0.15, 0.2) is 5.82 Å². The number of hydrogen-bond acceptors (Lipinski definition) is 6. The lowest BCUT2D eigenvalue weighted by Crippen LogP contribution is -2.42. The van der Waals surface area contributed by atoms with Gasteiger partial charge in [-0.1, -0.05) is 6.92 Å². The second kappa shape index (κ2) is 5.68. The summed E-state index contributed by atoms with van der Waals surface area (Å²) >= 11 is 1.42. The topological polar surface area (TPSA) is 84.0 Å². The van der Waals surface area contributed by atoms with Crippen LogP contribution in [0.4, 0.5) is 0 Å². The van der Waals surface area contributed by atoms with Crippen molar-refractivity contribution in [3.8, 4) is 0 Å². The molecule has 2 aromatic rings. The monoisotopic (exact) mass is 293 g/mol. The molecule has 1 fully saturated rings. The molecule has 20 heavy (non-hydrogen) atoms. The van der Waals surface area contributed by atoms with Crippen LogP contribution in [0.3, 0.4) is 0 Å². The van der Waals surface area contributed by atoms with E-state index in [1.165, 1.54) is 11.3 Å². The molecule has 2 aromatic heterocycles. The third kappa shape index (κ3) is 2.56. The van der Waals surface area contributed by atoms with Crippen molar-refractivity contribution in [2.45, 2.75) is 19.4 Å². The molecule has 7 nitrogen and oxygen atoms in total. The lowest BCUT2D eigenvalue weighted by molar-refractivity contribution is -0.0268. The molecule has 1 aliphatic rings. The van der Waals surface area contributed by atoms with Gasteiger partial charge < -0.3 is 9.64 Å². The average molecular weight is 293 g/mol. The van der Waals surface area contributed by atoms with E-state index >= 15 is 0 Å². The fourth-order valence-electron chi connectivity index (χ4n) is 2.08. The molecule has 3 rings (SSSR count). The van der Waals surface area contributed by atoms with Gasteiger partial charge >= 0.3 is 0 Å². The Morgan fingerprint density at radius 3 is 3.25 bits per heavy atom. The van der Waals surface area contributed by atoms with Crippen LogP contribution in [0.1, 0.15) is 35.2 Å². The van der Waals surface area contributed by atoms with Gasteiger partial charge in [0, 0.05) is 18.3 Å². The summed E-state index contributed by atoms with van der Waals surface area (Å²) < 4.78 is 5.66. The Hall–Kier alpha value is -1.80. The lowest BCUT2D eigenvalue weighted by atomic mass is 10.2. The number of nitrogens with zero attached hydrogens (tertiary/aromatic N) is 4. The first-order valence-electron chi connectivity index (χ1n) is 6.48. The summed E-state index contributed by atoms with van der Waals surface area (Å²) in [4.78, 5) is 22.4. The molecule has 0 radical (unpaired) electrons. The number of amides is 1. The predicted octanol–water partition coefficient (Wildman–Crippen LogP) is 1.04. The third-order valence-electron chi connectivity index (χ3n) is 3.18. The molecule has 0 unspecified atom stereocenters. The van der Waals surface area contributed by atoms with E-state index in [2.05, 4.69) is 20.2 Å². The molecule has 1 saturated heterocycles. The van der Waals surface area contributed by atoms with Crippen LogP contribution in [0.5, 0.6) is 0 Å². The van der Waals surface area contributed by atoms with Gasteiger partial charge in [-0.15, -0.1) is 11.3 Å². The zero-order valence-electron chi connectivity index (χ0n) is 11.1. The fourth-order valence-corrected chi connectivity index (χ4v) is 2.61. The smallest absolute Gasteiger partial charge is 0.273 e. The molecule has 3 heterocycles. The maximum absolute atomic E-state index is 12.3. The van der Waals surface area contributed by atoms with Crippen molar-refractivity contribution in [2.24, 2.45) is 0 Å². The maximum Gasteiger partial charge on any atom is 0.273 e. The summed E-state index contributed by atoms with van der Waals surface area (Å²) in [7, 11) is 0. The summed E-state index contributed by atoms with van der Waals surface area (Å²) in [5, 5.41) is 8.78. The minimum atomic E-state index is -0.275. The molecule has 8 heteroatoms. The van der Waals surface area contributed by atoms with Crippen LogP contribution < -0.4 is 0 Å². The van der Waals surface area contributed by atoms with Gasteiger partial charge in [-0.25, -0.2) is 9.97 Å². The van der Waals surface area contributed by atoms with E-state index in [-0.39, 0.29) is 12.0 Å². The number of nitrogens with one attached hydrogen (secondary N) is 1. The number of rotatable bonds is 3. The Morgan fingerprint density at radius 1 is 1.65 bits per heavy atom. The minimum Gasteiger partial charge on any atom is -0.366 e. The molecule has 1 N–H and O–H groups in total. The number of aromatic nitrogens is 4. The second-order valence-corrected chi connectivity index (χ2v) is 5.20. The summed E-state index contributed by atoms with van der Waals surface area (Å²) in [6, 6.07) is 0. The summed E-state index contributed by atoms with van der Waals surface area (Å²) in [6.07, 6.45) is 0.518. The van der Waals surface area contributed by atoms with Gasteiger partial charge in [0.1, 0.15) is 17.6 Å². The molecule has 1 atom stereocenters. The number of H-pyrrole nitrogens is 1. The predicted molar refractivity (Wildman–Crippen MR) is 72.5 cm³/mol. The van der Waals surface area contributed by atoms with E-state index in [4.69, 9.17) is 4.74 Å². The summed E-state index contributed by atoms with van der Waals surface area (Å²) in [6.45, 7) is 3.51. The normalized spacial score (nSPS) is 19.2. The Bertz CT molecular complexity index is 582. The molecule has 106 valence electrons. The van der Waals surface area contributed by atoms with Gasteiger partial charge in [0.25, 0.3) is 5.91 Å². The zero-order valence-corrected chi connectivity index (χ0v) is 11.9. The van der Waals surface area contributed by atoms with Crippen molar-refractivity contribution in [2.75, 3.05) is 19.7 Å². The lowest BCUT2D eigenvalue weighted by Gasteiger charge is -2.31. The average Bonchev–Trinajstić information content (AvgIpc) is 3.17. The van der Waals surface area contributed by atoms with Gasteiger partial charge in [-0.3, -0.25) is 9.89 Å². The number of aryl methyl sites for hydroxylation is 1. The van der Waals surface area contributed by atoms with Crippen molar-refractivity contribution in [1.82, 2.24) is 25.1 Å². The van der Waals surface area contributed by atoms with Crippen LogP contribution in [0.15, 0.2) is 10.9 Å². The van der Waals surface area contributed by atoms with Gasteiger partial charge in [0.05, 0.1) is 18.7 Å². The number of hydrogen-bond donors (Lipinski definition) is 1. The molecular formula is C12H15N5O2S. The Kier molecular flexibility index (Phi) is 3.75. The van der Waals surface area contributed by atoms with E-state index < -0.39 is 0 Å². The highest BCUT2D eigenvalue weighted by Gasteiger charge is 2.29. The molecule has 0 spiro atoms. The van der Waals surface area contributed by atoms with E-state index in [0.29, 0.717) is 31.2 Å². The van der Waals surface area contributed by atoms with E-state index in [1.807, 2.05) is 6.92 Å². The first-order valence-corrected chi connectivity index (χ1v) is 7.42. The van der Waals surface area contributed by atoms with Crippen molar-refractivity contribution < 1.29 is 9.53 Å². The van der Waals surface area contributed by atoms with Crippen LogP contribution >= 0.6 is 11.3 Å². The van der Waals surface area contributed by atoms with Crippen molar-refractivity contribution in [1.29, 1.82) is 0 Å². The molecule has 0 aliphatic carbocycles. The molecular weight excluding hydrogens is 278 g/mol. The highest BCUT2D eigenvalue weighted by molar-refractivity contribution is 7.07. The number of thiazole rings is 1. The number of carbonyl (C=O) groups excluding carboxylic acids is 1. The molecule has 1 aliphatic heterocycles. The van der Waals surface area contributed by atoms with E-state index in [9.17, 15) is 4.79 Å². The molecule has 0 bridgehead atoms. The summed E-state index contributed by atoms with van der Waals surface area (Å²) in [5.74, 6) is 1.37. The Labute approximate surface area is 120 Å². The first kappa shape index (κ1) is 13.2. The highest BCUT2D eigenvalue weighted by atomic mass is 32.1.